The summed E-state index contributed by atoms with van der Waals surface area (Å²) in [4.78, 5) is 26.3. The SMILES string of the molecule is CCCNC(=O)[C@H](CC(C)C)N(C)C(=O)[C@@H]1CCCN1. The Labute approximate surface area is 122 Å². The van der Waals surface area contributed by atoms with Crippen LogP contribution < -0.4 is 10.6 Å². The molecule has 116 valence electrons. The van der Waals surface area contributed by atoms with E-state index in [1.165, 1.54) is 0 Å². The lowest BCUT2D eigenvalue weighted by Gasteiger charge is -2.30. The van der Waals surface area contributed by atoms with Crippen LogP contribution in [0.4, 0.5) is 0 Å². The second-order valence-corrected chi connectivity index (χ2v) is 6.03. The van der Waals surface area contributed by atoms with Gasteiger partial charge in [0.2, 0.25) is 11.8 Å². The summed E-state index contributed by atoms with van der Waals surface area (Å²) >= 11 is 0. The number of carbonyl (C=O) groups is 2. The van der Waals surface area contributed by atoms with Gasteiger partial charge in [0, 0.05) is 13.6 Å². The van der Waals surface area contributed by atoms with Gasteiger partial charge in [0.1, 0.15) is 6.04 Å². The Morgan fingerprint density at radius 2 is 2.10 bits per heavy atom. The molecule has 0 aromatic carbocycles. The molecule has 1 rings (SSSR count). The smallest absolute Gasteiger partial charge is 0.242 e. The quantitative estimate of drug-likeness (QED) is 0.736. The van der Waals surface area contributed by atoms with Crippen LogP contribution in [-0.2, 0) is 9.59 Å². The van der Waals surface area contributed by atoms with E-state index in [4.69, 9.17) is 0 Å². The summed E-state index contributed by atoms with van der Waals surface area (Å²) in [6.07, 6.45) is 3.50. The number of nitrogens with zero attached hydrogens (tertiary/aromatic N) is 1. The molecule has 2 N–H and O–H groups in total. The first-order valence-electron chi connectivity index (χ1n) is 7.75. The van der Waals surface area contributed by atoms with Crippen LogP contribution in [0.5, 0.6) is 0 Å². The van der Waals surface area contributed by atoms with Gasteiger partial charge in [-0.05, 0) is 38.1 Å². The van der Waals surface area contributed by atoms with Crippen LogP contribution in [0.2, 0.25) is 0 Å². The molecule has 0 radical (unpaired) electrons. The van der Waals surface area contributed by atoms with Gasteiger partial charge < -0.3 is 15.5 Å². The summed E-state index contributed by atoms with van der Waals surface area (Å²) in [6, 6.07) is -0.481. The molecule has 0 aliphatic carbocycles. The van der Waals surface area contributed by atoms with E-state index >= 15 is 0 Å². The fourth-order valence-electron chi connectivity index (χ4n) is 2.55. The van der Waals surface area contributed by atoms with Crippen molar-refractivity contribution in [1.82, 2.24) is 15.5 Å². The Hall–Kier alpha value is -1.10. The van der Waals surface area contributed by atoms with Crippen LogP contribution in [-0.4, -0.2) is 48.9 Å². The van der Waals surface area contributed by atoms with E-state index in [2.05, 4.69) is 24.5 Å². The van der Waals surface area contributed by atoms with Crippen molar-refractivity contribution in [3.8, 4) is 0 Å². The Bertz CT molecular complexity index is 325. The second kappa shape index (κ2) is 8.25. The zero-order chi connectivity index (χ0) is 15.1. The molecule has 0 saturated carbocycles. The molecule has 2 amide bonds. The van der Waals surface area contributed by atoms with Crippen molar-refractivity contribution in [2.24, 2.45) is 5.92 Å². The number of rotatable bonds is 7. The molecule has 5 nitrogen and oxygen atoms in total. The second-order valence-electron chi connectivity index (χ2n) is 6.03. The van der Waals surface area contributed by atoms with Crippen molar-refractivity contribution in [2.75, 3.05) is 20.1 Å². The topological polar surface area (TPSA) is 61.4 Å². The summed E-state index contributed by atoms with van der Waals surface area (Å²) < 4.78 is 0. The molecular weight excluding hydrogens is 254 g/mol. The third kappa shape index (κ3) is 4.78. The lowest BCUT2D eigenvalue weighted by molar-refractivity contribution is -0.140. The van der Waals surface area contributed by atoms with Gasteiger partial charge in [-0.1, -0.05) is 20.8 Å². The predicted molar refractivity (Wildman–Crippen MR) is 80.3 cm³/mol. The molecule has 0 unspecified atom stereocenters. The average molecular weight is 283 g/mol. The Morgan fingerprint density at radius 3 is 2.60 bits per heavy atom. The monoisotopic (exact) mass is 283 g/mol. The summed E-state index contributed by atoms with van der Waals surface area (Å²) in [5.74, 6) is 0.383. The van der Waals surface area contributed by atoms with E-state index in [1.807, 2.05) is 6.92 Å². The van der Waals surface area contributed by atoms with Crippen molar-refractivity contribution < 1.29 is 9.59 Å². The summed E-state index contributed by atoms with van der Waals surface area (Å²) in [5.41, 5.74) is 0. The lowest BCUT2D eigenvalue weighted by Crippen LogP contribution is -2.52. The molecule has 0 spiro atoms. The number of amides is 2. The first-order chi connectivity index (χ1) is 9.47. The fourth-order valence-corrected chi connectivity index (χ4v) is 2.55. The summed E-state index contributed by atoms with van der Waals surface area (Å²) in [5, 5.41) is 6.12. The van der Waals surface area contributed by atoms with Crippen molar-refractivity contribution in [3.63, 3.8) is 0 Å². The molecule has 1 aliphatic heterocycles. The highest BCUT2D eigenvalue weighted by atomic mass is 16.2. The molecule has 5 heteroatoms. The van der Waals surface area contributed by atoms with E-state index in [9.17, 15) is 9.59 Å². The van der Waals surface area contributed by atoms with Gasteiger partial charge in [-0.2, -0.15) is 0 Å². The van der Waals surface area contributed by atoms with E-state index in [1.54, 1.807) is 11.9 Å². The Morgan fingerprint density at radius 1 is 1.40 bits per heavy atom. The minimum atomic E-state index is -0.364. The van der Waals surface area contributed by atoms with Crippen LogP contribution in [0.25, 0.3) is 0 Å². The zero-order valence-electron chi connectivity index (χ0n) is 13.2. The number of likely N-dealkylation sites (N-methyl/N-ethyl adjacent to an activating group) is 1. The van der Waals surface area contributed by atoms with Crippen LogP contribution in [0, 0.1) is 5.92 Å². The maximum atomic E-state index is 12.4. The molecule has 1 heterocycles. The van der Waals surface area contributed by atoms with Crippen LogP contribution >= 0.6 is 0 Å². The van der Waals surface area contributed by atoms with Crippen molar-refractivity contribution in [2.45, 2.75) is 58.5 Å². The van der Waals surface area contributed by atoms with E-state index < -0.39 is 0 Å². The highest BCUT2D eigenvalue weighted by Gasteiger charge is 2.32. The number of hydrogen-bond acceptors (Lipinski definition) is 3. The number of nitrogens with one attached hydrogen (secondary N) is 2. The molecule has 0 bridgehead atoms. The molecule has 1 saturated heterocycles. The van der Waals surface area contributed by atoms with Crippen molar-refractivity contribution in [3.05, 3.63) is 0 Å². The molecule has 20 heavy (non-hydrogen) atoms. The maximum absolute atomic E-state index is 12.4. The number of hydrogen-bond donors (Lipinski definition) is 2. The van der Waals surface area contributed by atoms with Crippen LogP contribution in [0.3, 0.4) is 0 Å². The lowest BCUT2D eigenvalue weighted by atomic mass is 10.0. The van der Waals surface area contributed by atoms with Gasteiger partial charge in [0.05, 0.1) is 6.04 Å². The third-order valence-electron chi connectivity index (χ3n) is 3.72. The Balaban J connectivity index is 2.69. The molecule has 0 aromatic heterocycles. The highest BCUT2D eigenvalue weighted by Crippen LogP contribution is 2.15. The average Bonchev–Trinajstić information content (AvgIpc) is 2.94. The zero-order valence-corrected chi connectivity index (χ0v) is 13.2. The van der Waals surface area contributed by atoms with Gasteiger partial charge in [-0.3, -0.25) is 9.59 Å². The van der Waals surface area contributed by atoms with Gasteiger partial charge in [-0.15, -0.1) is 0 Å². The summed E-state index contributed by atoms with van der Waals surface area (Å²) in [6.45, 7) is 7.73. The maximum Gasteiger partial charge on any atom is 0.242 e. The van der Waals surface area contributed by atoms with E-state index in [0.29, 0.717) is 18.9 Å². The molecule has 0 aromatic rings. The van der Waals surface area contributed by atoms with Gasteiger partial charge in [-0.25, -0.2) is 0 Å². The third-order valence-corrected chi connectivity index (χ3v) is 3.72. The summed E-state index contributed by atoms with van der Waals surface area (Å²) in [7, 11) is 1.75. The molecular formula is C15H29N3O2. The van der Waals surface area contributed by atoms with E-state index in [0.717, 1.165) is 25.8 Å². The minimum absolute atomic E-state index is 0.0330. The van der Waals surface area contributed by atoms with Crippen LogP contribution in [0.1, 0.15) is 46.5 Å². The normalized spacial score (nSPS) is 19.9. The fraction of sp³-hybridized carbons (Fsp3) is 0.867. The minimum Gasteiger partial charge on any atom is -0.354 e. The molecule has 2 atom stereocenters. The van der Waals surface area contributed by atoms with Gasteiger partial charge in [0.25, 0.3) is 0 Å². The van der Waals surface area contributed by atoms with Crippen LogP contribution in [0.15, 0.2) is 0 Å². The molecule has 1 aliphatic rings. The first-order valence-corrected chi connectivity index (χ1v) is 7.75. The predicted octanol–water partition coefficient (Wildman–Crippen LogP) is 1.14. The number of carbonyl (C=O) groups excluding carboxylic acids is 2. The Kier molecular flexibility index (Phi) is 6.99. The molecule has 1 fully saturated rings. The van der Waals surface area contributed by atoms with Gasteiger partial charge in [0.15, 0.2) is 0 Å². The van der Waals surface area contributed by atoms with Crippen molar-refractivity contribution >= 4 is 11.8 Å². The first kappa shape index (κ1) is 17.0. The largest absolute Gasteiger partial charge is 0.354 e. The van der Waals surface area contributed by atoms with Crippen molar-refractivity contribution in [1.29, 1.82) is 0 Å². The standard InChI is InChI=1S/C15H29N3O2/c1-5-8-17-14(19)13(10-11(2)3)18(4)15(20)12-7-6-9-16-12/h11-13,16H,5-10H2,1-4H3,(H,17,19)/t12-,13-/m0/s1. The highest BCUT2D eigenvalue weighted by molar-refractivity contribution is 5.89. The van der Waals surface area contributed by atoms with E-state index in [-0.39, 0.29) is 23.9 Å². The van der Waals surface area contributed by atoms with Gasteiger partial charge >= 0.3 is 0 Å².